The fourth-order valence-electron chi connectivity index (χ4n) is 5.22. The number of primary amides is 1. The highest BCUT2D eigenvalue weighted by Gasteiger charge is 2.49. The molecule has 0 heterocycles. The quantitative estimate of drug-likeness (QED) is 0.0485. The van der Waals surface area contributed by atoms with Gasteiger partial charge in [-0.1, -0.05) is 75.7 Å². The Morgan fingerprint density at radius 2 is 1.59 bits per heavy atom. The standard InChI is InChI=1S/C38H55N3O10/c1-5-7-9-12-15-18-29(42)19-16-13-10-11-14-17-20-31(38(49,36(46)47)27-33(43)41(3)37(39)48)34(44)40-32(35(45)50-4)26-28-21-23-30(24-22-28)51-25-8-6-2/h17,20-24,31-32,49H,5,7,9-16,18-19,25-27H2,1-4H3,(H2,39,48)(H,40,44)(H,46,47)/b20-17+/t31-,32+,38+/m1/s1. The summed E-state index contributed by atoms with van der Waals surface area (Å²) in [5.74, 6) is -0.494. The number of urea groups is 1. The Kier molecular flexibility index (Phi) is 21.2. The number of amides is 4. The number of ether oxygens (including phenoxy) is 2. The summed E-state index contributed by atoms with van der Waals surface area (Å²) in [5, 5.41) is 24.0. The van der Waals surface area contributed by atoms with Crippen LogP contribution in [0.5, 0.6) is 5.75 Å². The van der Waals surface area contributed by atoms with Crippen molar-refractivity contribution in [2.45, 2.75) is 115 Å². The molecule has 0 radical (unpaired) electrons. The van der Waals surface area contributed by atoms with E-state index in [1.165, 1.54) is 18.6 Å². The van der Waals surface area contributed by atoms with Crippen LogP contribution >= 0.6 is 0 Å². The summed E-state index contributed by atoms with van der Waals surface area (Å²) in [6, 6.07) is 4.18. The number of rotatable bonds is 25. The number of aliphatic hydroxyl groups is 1. The van der Waals surface area contributed by atoms with Crippen LogP contribution in [0.15, 0.2) is 36.4 Å². The maximum Gasteiger partial charge on any atom is 0.337 e. The second-order valence-electron chi connectivity index (χ2n) is 12.4. The molecule has 0 fully saturated rings. The number of carboxylic acid groups (broad SMARTS) is 1. The molecule has 0 aliphatic rings. The van der Waals surface area contributed by atoms with E-state index in [1.54, 1.807) is 31.2 Å². The molecule has 0 aliphatic carbocycles. The molecule has 3 atom stereocenters. The largest absolute Gasteiger partial charge is 0.481 e. The van der Waals surface area contributed by atoms with Gasteiger partial charge >= 0.3 is 18.0 Å². The second kappa shape index (κ2) is 24.4. The number of hydrogen-bond donors (Lipinski definition) is 4. The molecule has 0 saturated carbocycles. The SMILES string of the molecule is CC#CCOc1ccc(C[C@H](NC(=O)[C@@H](/C=C/CCCCCCC(=O)CCCCCCC)[C@@](O)(CC(=O)N(C)C(N)=O)C(=O)O)C(=O)OC)cc1. The number of allylic oxidation sites excluding steroid dienone is 1. The highest BCUT2D eigenvalue weighted by molar-refractivity contribution is 5.99. The van der Waals surface area contributed by atoms with E-state index in [2.05, 4.69) is 24.1 Å². The first-order valence-electron chi connectivity index (χ1n) is 17.5. The lowest BCUT2D eigenvalue weighted by molar-refractivity contribution is -0.170. The summed E-state index contributed by atoms with van der Waals surface area (Å²) in [4.78, 5) is 75.8. The van der Waals surface area contributed by atoms with Gasteiger partial charge in [0.05, 0.1) is 19.4 Å². The van der Waals surface area contributed by atoms with Crippen molar-refractivity contribution < 1.29 is 48.5 Å². The van der Waals surface area contributed by atoms with Crippen molar-refractivity contribution in [3.8, 4) is 17.6 Å². The number of unbranched alkanes of at least 4 members (excludes halogenated alkanes) is 8. The van der Waals surface area contributed by atoms with Crippen LogP contribution in [0.3, 0.4) is 0 Å². The Morgan fingerprint density at radius 1 is 0.980 bits per heavy atom. The number of benzene rings is 1. The fourth-order valence-corrected chi connectivity index (χ4v) is 5.22. The van der Waals surface area contributed by atoms with Crippen LogP contribution in [0, 0.1) is 17.8 Å². The van der Waals surface area contributed by atoms with Gasteiger partial charge in [-0.3, -0.25) is 19.3 Å². The number of imide groups is 1. The zero-order valence-corrected chi connectivity index (χ0v) is 30.4. The molecule has 13 heteroatoms. The fraction of sp³-hybridized carbons (Fsp3) is 0.579. The zero-order chi connectivity index (χ0) is 38.2. The number of Topliss-reactive ketones (excluding diaryl/α,β-unsaturated/α-hetero) is 1. The molecule has 1 aromatic rings. The normalized spacial score (nSPS) is 13.2. The van der Waals surface area contributed by atoms with E-state index in [0.717, 1.165) is 59.1 Å². The first kappa shape index (κ1) is 44.3. The van der Waals surface area contributed by atoms with Crippen LogP contribution in [-0.2, 0) is 35.1 Å². The number of methoxy groups -OCH3 is 1. The van der Waals surface area contributed by atoms with Crippen LogP contribution in [-0.4, -0.2) is 83.1 Å². The van der Waals surface area contributed by atoms with Gasteiger partial charge in [0.2, 0.25) is 11.8 Å². The monoisotopic (exact) mass is 713 g/mol. The van der Waals surface area contributed by atoms with Gasteiger partial charge < -0.3 is 30.7 Å². The number of nitrogens with two attached hydrogens (primary N) is 1. The molecule has 0 bridgehead atoms. The summed E-state index contributed by atoms with van der Waals surface area (Å²) < 4.78 is 10.4. The van der Waals surface area contributed by atoms with Gasteiger partial charge in [0, 0.05) is 26.3 Å². The van der Waals surface area contributed by atoms with E-state index in [0.29, 0.717) is 41.9 Å². The summed E-state index contributed by atoms with van der Waals surface area (Å²) in [6.45, 7) is 4.03. The van der Waals surface area contributed by atoms with Gasteiger partial charge in [-0.05, 0) is 50.3 Å². The first-order valence-corrected chi connectivity index (χ1v) is 17.5. The third kappa shape index (κ3) is 16.7. The number of carbonyl (C=O) groups is 6. The van der Waals surface area contributed by atoms with E-state index in [4.69, 9.17) is 15.2 Å². The highest BCUT2D eigenvalue weighted by atomic mass is 16.5. The van der Waals surface area contributed by atoms with Crippen molar-refractivity contribution in [2.24, 2.45) is 11.7 Å². The summed E-state index contributed by atoms with van der Waals surface area (Å²) in [7, 11) is 2.14. The van der Waals surface area contributed by atoms with Crippen molar-refractivity contribution >= 4 is 35.6 Å². The van der Waals surface area contributed by atoms with Crippen molar-refractivity contribution in [2.75, 3.05) is 20.8 Å². The number of carbonyl (C=O) groups excluding carboxylic acids is 5. The molecule has 0 saturated heterocycles. The number of nitrogens with one attached hydrogen (secondary N) is 1. The van der Waals surface area contributed by atoms with Crippen LogP contribution in [0.4, 0.5) is 4.79 Å². The number of esters is 1. The topological polar surface area (TPSA) is 203 Å². The molecule has 1 rings (SSSR count). The number of aliphatic carboxylic acids is 1. The average molecular weight is 714 g/mol. The van der Waals surface area contributed by atoms with Crippen LogP contribution in [0.1, 0.15) is 103 Å². The lowest BCUT2D eigenvalue weighted by Crippen LogP contribution is -2.56. The highest BCUT2D eigenvalue weighted by Crippen LogP contribution is 2.27. The van der Waals surface area contributed by atoms with Gasteiger partial charge in [-0.15, -0.1) is 5.92 Å². The van der Waals surface area contributed by atoms with Crippen LogP contribution < -0.4 is 15.8 Å². The van der Waals surface area contributed by atoms with Crippen molar-refractivity contribution in [3.63, 3.8) is 0 Å². The minimum atomic E-state index is -3.01. The Labute approximate surface area is 301 Å². The van der Waals surface area contributed by atoms with Gasteiger partial charge in [0.25, 0.3) is 0 Å². The maximum atomic E-state index is 13.7. The number of carboxylic acids is 1. The van der Waals surface area contributed by atoms with Crippen LogP contribution in [0.25, 0.3) is 0 Å². The van der Waals surface area contributed by atoms with E-state index >= 15 is 0 Å². The lowest BCUT2D eigenvalue weighted by atomic mass is 9.82. The molecule has 51 heavy (non-hydrogen) atoms. The molecule has 4 amide bonds. The summed E-state index contributed by atoms with van der Waals surface area (Å²) in [6.07, 6.45) is 11.5. The smallest absolute Gasteiger partial charge is 0.337 e. The Morgan fingerprint density at radius 3 is 2.14 bits per heavy atom. The minimum Gasteiger partial charge on any atom is -0.481 e. The molecule has 1 aromatic carbocycles. The molecule has 13 nitrogen and oxygen atoms in total. The molecule has 282 valence electrons. The zero-order valence-electron chi connectivity index (χ0n) is 30.4. The van der Waals surface area contributed by atoms with Crippen molar-refractivity contribution in [1.82, 2.24) is 10.2 Å². The van der Waals surface area contributed by atoms with E-state index in [-0.39, 0.29) is 18.8 Å². The number of nitrogens with zero attached hydrogens (tertiary/aromatic N) is 1. The molecule has 0 spiro atoms. The van der Waals surface area contributed by atoms with Gasteiger partial charge in [-0.25, -0.2) is 14.4 Å². The minimum absolute atomic E-state index is 0.0555. The summed E-state index contributed by atoms with van der Waals surface area (Å²) >= 11 is 0. The van der Waals surface area contributed by atoms with Gasteiger partial charge in [-0.2, -0.15) is 0 Å². The van der Waals surface area contributed by atoms with E-state index in [9.17, 15) is 39.0 Å². The molecule has 0 aliphatic heterocycles. The Bertz CT molecular complexity index is 1380. The summed E-state index contributed by atoms with van der Waals surface area (Å²) in [5.41, 5.74) is 2.75. The van der Waals surface area contributed by atoms with Crippen LogP contribution in [0.2, 0.25) is 0 Å². The third-order valence-electron chi connectivity index (χ3n) is 8.41. The maximum absolute atomic E-state index is 13.7. The molecular formula is C38H55N3O10. The number of ketones is 1. The molecule has 0 aromatic heterocycles. The second-order valence-corrected chi connectivity index (χ2v) is 12.4. The molecular weight excluding hydrogens is 658 g/mol. The number of hydrogen-bond acceptors (Lipinski definition) is 9. The van der Waals surface area contributed by atoms with E-state index in [1.807, 2.05) is 0 Å². The van der Waals surface area contributed by atoms with Crippen molar-refractivity contribution in [1.29, 1.82) is 0 Å². The average Bonchev–Trinajstić information content (AvgIpc) is 3.10. The van der Waals surface area contributed by atoms with Gasteiger partial charge in [0.1, 0.15) is 24.2 Å². The van der Waals surface area contributed by atoms with Crippen molar-refractivity contribution in [3.05, 3.63) is 42.0 Å². The van der Waals surface area contributed by atoms with E-state index < -0.39 is 53.8 Å². The predicted octanol–water partition coefficient (Wildman–Crippen LogP) is 4.47. The third-order valence-corrected chi connectivity index (χ3v) is 8.41. The van der Waals surface area contributed by atoms with Gasteiger partial charge in [0.15, 0.2) is 5.60 Å². The lowest BCUT2D eigenvalue weighted by Gasteiger charge is -2.31. The molecule has 5 N–H and O–H groups in total. The Balaban J connectivity index is 3.07. The molecule has 0 unspecified atom stereocenters. The first-order chi connectivity index (χ1) is 24.3. The Hall–Kier alpha value is -4.70. The predicted molar refractivity (Wildman–Crippen MR) is 191 cm³/mol.